The number of hydrogen-bond donors (Lipinski definition) is 1. The monoisotopic (exact) mass is 341 g/mol. The maximum Gasteiger partial charge on any atom is 0.249 e. The van der Waals surface area contributed by atoms with E-state index in [-0.39, 0.29) is 11.9 Å². The topological polar surface area (TPSA) is 112 Å². The van der Waals surface area contributed by atoms with Gasteiger partial charge in [0.15, 0.2) is 0 Å². The molecule has 0 aliphatic heterocycles. The highest BCUT2D eigenvalue weighted by molar-refractivity contribution is 5.76. The highest BCUT2D eigenvalue weighted by Gasteiger charge is 2.17. The number of amides is 1. The average molecular weight is 341 g/mol. The van der Waals surface area contributed by atoms with Crippen LogP contribution in [0, 0.1) is 6.92 Å². The van der Waals surface area contributed by atoms with Crippen LogP contribution in [0.5, 0.6) is 0 Å². The Morgan fingerprint density at radius 3 is 3.04 bits per heavy atom. The number of tetrazole rings is 1. The molecule has 0 aliphatic rings. The van der Waals surface area contributed by atoms with E-state index in [2.05, 4.69) is 31.0 Å². The molecule has 2 heterocycles. The molecule has 0 saturated heterocycles. The van der Waals surface area contributed by atoms with Crippen molar-refractivity contribution in [3.05, 3.63) is 42.0 Å². The van der Waals surface area contributed by atoms with Gasteiger partial charge in [-0.1, -0.05) is 28.9 Å². The van der Waals surface area contributed by atoms with E-state index in [4.69, 9.17) is 4.52 Å². The summed E-state index contributed by atoms with van der Waals surface area (Å²) < 4.78 is 6.86. The molecule has 0 spiro atoms. The number of rotatable bonds is 7. The summed E-state index contributed by atoms with van der Waals surface area (Å²) >= 11 is 0. The first-order chi connectivity index (χ1) is 12.1. The summed E-state index contributed by atoms with van der Waals surface area (Å²) in [5.41, 5.74) is 2.00. The lowest BCUT2D eigenvalue weighted by Gasteiger charge is -2.09. The average Bonchev–Trinajstić information content (AvgIpc) is 3.26. The van der Waals surface area contributed by atoms with Gasteiger partial charge < -0.3 is 9.84 Å². The van der Waals surface area contributed by atoms with Crippen molar-refractivity contribution in [2.45, 2.75) is 39.3 Å². The largest absolute Gasteiger partial charge is 0.345 e. The maximum atomic E-state index is 12.0. The minimum Gasteiger partial charge on any atom is -0.345 e. The van der Waals surface area contributed by atoms with Crippen LogP contribution in [0.1, 0.15) is 37.3 Å². The number of nitrogens with one attached hydrogen (secondary N) is 1. The zero-order chi connectivity index (χ0) is 17.6. The van der Waals surface area contributed by atoms with Crippen LogP contribution in [0.3, 0.4) is 0 Å². The summed E-state index contributed by atoms with van der Waals surface area (Å²) in [7, 11) is 0. The van der Waals surface area contributed by atoms with Gasteiger partial charge in [-0.3, -0.25) is 4.79 Å². The van der Waals surface area contributed by atoms with E-state index < -0.39 is 0 Å². The van der Waals surface area contributed by atoms with Gasteiger partial charge in [0.25, 0.3) is 0 Å². The van der Waals surface area contributed by atoms with Crippen molar-refractivity contribution < 1.29 is 9.32 Å². The normalized spacial score (nSPS) is 12.1. The second-order valence-electron chi connectivity index (χ2n) is 5.79. The summed E-state index contributed by atoms with van der Waals surface area (Å²) in [4.78, 5) is 16.4. The molecule has 3 aromatic rings. The van der Waals surface area contributed by atoms with Crippen LogP contribution in [0.25, 0.3) is 11.4 Å². The smallest absolute Gasteiger partial charge is 0.249 e. The van der Waals surface area contributed by atoms with E-state index >= 15 is 0 Å². The van der Waals surface area contributed by atoms with Gasteiger partial charge in [0.2, 0.25) is 17.6 Å². The van der Waals surface area contributed by atoms with Crippen LogP contribution in [0.15, 0.2) is 35.1 Å². The SMILES string of the molecule is Cc1cccc(-c2noc([C@H](C)NC(=O)CCCn3cnnn3)n2)c1. The summed E-state index contributed by atoms with van der Waals surface area (Å²) in [6, 6.07) is 7.49. The van der Waals surface area contributed by atoms with Crippen molar-refractivity contribution in [2.24, 2.45) is 0 Å². The number of carbonyl (C=O) groups is 1. The first-order valence-corrected chi connectivity index (χ1v) is 8.02. The fourth-order valence-corrected chi connectivity index (χ4v) is 2.37. The molecule has 1 atom stereocenters. The van der Waals surface area contributed by atoms with Crippen molar-refractivity contribution in [2.75, 3.05) is 0 Å². The number of benzene rings is 1. The Bertz CT molecular complexity index is 829. The molecule has 0 fully saturated rings. The molecule has 9 nitrogen and oxygen atoms in total. The van der Waals surface area contributed by atoms with Crippen molar-refractivity contribution in [3.63, 3.8) is 0 Å². The maximum absolute atomic E-state index is 12.0. The van der Waals surface area contributed by atoms with Crippen LogP contribution in [0.4, 0.5) is 0 Å². The Kier molecular flexibility index (Phi) is 5.12. The summed E-state index contributed by atoms with van der Waals surface area (Å²) in [6.45, 7) is 4.41. The van der Waals surface area contributed by atoms with Crippen LogP contribution < -0.4 is 5.32 Å². The van der Waals surface area contributed by atoms with E-state index in [0.29, 0.717) is 31.1 Å². The van der Waals surface area contributed by atoms with Crippen LogP contribution in [0.2, 0.25) is 0 Å². The lowest BCUT2D eigenvalue weighted by atomic mass is 10.1. The van der Waals surface area contributed by atoms with Crippen molar-refractivity contribution >= 4 is 5.91 Å². The molecule has 1 amide bonds. The number of aromatic nitrogens is 6. The zero-order valence-corrected chi connectivity index (χ0v) is 14.1. The van der Waals surface area contributed by atoms with E-state index in [1.165, 1.54) is 6.33 Å². The molecule has 9 heteroatoms. The van der Waals surface area contributed by atoms with Crippen molar-refractivity contribution in [1.82, 2.24) is 35.7 Å². The lowest BCUT2D eigenvalue weighted by Crippen LogP contribution is -2.26. The van der Waals surface area contributed by atoms with Gasteiger partial charge in [-0.15, -0.1) is 5.10 Å². The fraction of sp³-hybridized carbons (Fsp3) is 0.375. The number of hydrogen-bond acceptors (Lipinski definition) is 7. The molecule has 1 N–H and O–H groups in total. The zero-order valence-electron chi connectivity index (χ0n) is 14.1. The lowest BCUT2D eigenvalue weighted by molar-refractivity contribution is -0.122. The highest BCUT2D eigenvalue weighted by atomic mass is 16.5. The third-order valence-corrected chi connectivity index (χ3v) is 3.65. The molecule has 1 aromatic carbocycles. The van der Waals surface area contributed by atoms with E-state index in [9.17, 15) is 4.79 Å². The van der Waals surface area contributed by atoms with Gasteiger partial charge in [-0.05, 0) is 36.8 Å². The predicted molar refractivity (Wildman–Crippen MR) is 88.1 cm³/mol. The van der Waals surface area contributed by atoms with E-state index in [1.807, 2.05) is 38.1 Å². The summed E-state index contributed by atoms with van der Waals surface area (Å²) in [5.74, 6) is 0.805. The molecular weight excluding hydrogens is 322 g/mol. The Morgan fingerprint density at radius 1 is 1.40 bits per heavy atom. The predicted octanol–water partition coefficient (Wildman–Crippen LogP) is 1.69. The third-order valence-electron chi connectivity index (χ3n) is 3.65. The summed E-state index contributed by atoms with van der Waals surface area (Å²) in [6.07, 6.45) is 2.52. The molecular formula is C16H19N7O2. The quantitative estimate of drug-likeness (QED) is 0.696. The Labute approximate surface area is 144 Å². The fourth-order valence-electron chi connectivity index (χ4n) is 2.37. The second kappa shape index (κ2) is 7.65. The van der Waals surface area contributed by atoms with Gasteiger partial charge in [-0.2, -0.15) is 4.98 Å². The first kappa shape index (κ1) is 16.7. The Morgan fingerprint density at radius 2 is 2.28 bits per heavy atom. The molecule has 130 valence electrons. The van der Waals surface area contributed by atoms with Crippen molar-refractivity contribution in [3.8, 4) is 11.4 Å². The molecule has 3 rings (SSSR count). The number of aryl methyl sites for hydroxylation is 2. The molecule has 25 heavy (non-hydrogen) atoms. The molecule has 0 saturated carbocycles. The van der Waals surface area contributed by atoms with Gasteiger partial charge in [0.1, 0.15) is 12.4 Å². The molecule has 0 unspecified atom stereocenters. The van der Waals surface area contributed by atoms with Crippen LogP contribution in [-0.4, -0.2) is 36.3 Å². The minimum absolute atomic E-state index is 0.0871. The van der Waals surface area contributed by atoms with Crippen LogP contribution >= 0.6 is 0 Å². The molecule has 2 aromatic heterocycles. The Balaban J connectivity index is 1.52. The Hall–Kier alpha value is -3.10. The minimum atomic E-state index is -0.355. The van der Waals surface area contributed by atoms with E-state index in [1.54, 1.807) is 4.68 Å². The third kappa shape index (κ3) is 4.46. The molecule has 0 aliphatic carbocycles. The standard InChI is InChI=1S/C16H19N7O2/c1-11-5-3-6-13(9-11)15-19-16(25-20-15)12(2)18-14(24)7-4-8-23-10-17-21-22-23/h3,5-6,9-10,12H,4,7-8H2,1-2H3,(H,18,24)/t12-/m0/s1. The number of nitrogens with zero attached hydrogens (tertiary/aromatic N) is 6. The molecule has 0 bridgehead atoms. The number of carbonyl (C=O) groups excluding carboxylic acids is 1. The van der Waals surface area contributed by atoms with Gasteiger partial charge >= 0.3 is 0 Å². The van der Waals surface area contributed by atoms with Crippen LogP contribution in [-0.2, 0) is 11.3 Å². The van der Waals surface area contributed by atoms with E-state index in [0.717, 1.165) is 11.1 Å². The van der Waals surface area contributed by atoms with Gasteiger partial charge in [-0.25, -0.2) is 4.68 Å². The van der Waals surface area contributed by atoms with Gasteiger partial charge in [0, 0.05) is 18.5 Å². The molecule has 0 radical (unpaired) electrons. The second-order valence-corrected chi connectivity index (χ2v) is 5.79. The highest BCUT2D eigenvalue weighted by Crippen LogP contribution is 2.19. The first-order valence-electron chi connectivity index (χ1n) is 8.02. The van der Waals surface area contributed by atoms with Gasteiger partial charge in [0.05, 0.1) is 0 Å². The summed E-state index contributed by atoms with van der Waals surface area (Å²) in [5, 5.41) is 17.7. The van der Waals surface area contributed by atoms with Crippen molar-refractivity contribution in [1.29, 1.82) is 0 Å².